The minimum absolute atomic E-state index is 0.101. The standard InChI is InChI=1S/C14H18O3/c1-4-13(16-6-3)11-7-9-12(10-8-11)17-14(15)5-2/h5,7-10,13H,2,4,6H2,1,3H3. The van der Waals surface area contributed by atoms with Crippen LogP contribution < -0.4 is 4.74 Å². The molecule has 1 atom stereocenters. The van der Waals surface area contributed by atoms with Gasteiger partial charge in [-0.15, -0.1) is 0 Å². The Morgan fingerprint density at radius 2 is 2.00 bits per heavy atom. The second kappa shape index (κ2) is 6.86. The van der Waals surface area contributed by atoms with Crippen molar-refractivity contribution in [2.75, 3.05) is 6.61 Å². The molecule has 0 radical (unpaired) electrons. The summed E-state index contributed by atoms with van der Waals surface area (Å²) in [4.78, 5) is 11.0. The molecule has 1 unspecified atom stereocenters. The Labute approximate surface area is 102 Å². The highest BCUT2D eigenvalue weighted by atomic mass is 16.5. The zero-order valence-electron chi connectivity index (χ0n) is 10.3. The molecule has 0 N–H and O–H groups in total. The Kier molecular flexibility index (Phi) is 5.43. The Bertz CT molecular complexity index is 368. The summed E-state index contributed by atoms with van der Waals surface area (Å²) in [6.45, 7) is 8.08. The Morgan fingerprint density at radius 1 is 1.35 bits per heavy atom. The van der Waals surface area contributed by atoms with Gasteiger partial charge in [-0.1, -0.05) is 25.6 Å². The van der Waals surface area contributed by atoms with Crippen LogP contribution in [0.5, 0.6) is 5.75 Å². The molecule has 0 aromatic heterocycles. The number of carbonyl (C=O) groups excluding carboxylic acids is 1. The second-order valence-corrected chi connectivity index (χ2v) is 3.55. The monoisotopic (exact) mass is 234 g/mol. The van der Waals surface area contributed by atoms with Crippen molar-refractivity contribution in [2.24, 2.45) is 0 Å². The molecule has 0 aliphatic heterocycles. The van der Waals surface area contributed by atoms with Crippen molar-refractivity contribution in [3.63, 3.8) is 0 Å². The summed E-state index contributed by atoms with van der Waals surface area (Å²) in [5.41, 5.74) is 1.09. The van der Waals surface area contributed by atoms with Crippen molar-refractivity contribution in [3.8, 4) is 5.75 Å². The topological polar surface area (TPSA) is 35.5 Å². The maximum Gasteiger partial charge on any atom is 0.335 e. The van der Waals surface area contributed by atoms with Gasteiger partial charge in [0, 0.05) is 12.7 Å². The van der Waals surface area contributed by atoms with E-state index in [1.807, 2.05) is 19.1 Å². The third-order valence-electron chi connectivity index (χ3n) is 2.38. The fraction of sp³-hybridized carbons (Fsp3) is 0.357. The highest BCUT2D eigenvalue weighted by molar-refractivity contribution is 5.83. The molecule has 0 amide bonds. The number of carbonyl (C=O) groups is 1. The van der Waals surface area contributed by atoms with Crippen molar-refractivity contribution in [2.45, 2.75) is 26.4 Å². The number of hydrogen-bond acceptors (Lipinski definition) is 3. The molecule has 17 heavy (non-hydrogen) atoms. The van der Waals surface area contributed by atoms with E-state index in [0.29, 0.717) is 12.4 Å². The van der Waals surface area contributed by atoms with Gasteiger partial charge in [-0.3, -0.25) is 0 Å². The van der Waals surface area contributed by atoms with Crippen LogP contribution in [0.3, 0.4) is 0 Å². The van der Waals surface area contributed by atoms with Crippen LogP contribution in [0, 0.1) is 0 Å². The van der Waals surface area contributed by atoms with E-state index in [9.17, 15) is 4.79 Å². The third-order valence-corrected chi connectivity index (χ3v) is 2.38. The fourth-order valence-corrected chi connectivity index (χ4v) is 1.56. The minimum atomic E-state index is -0.449. The third kappa shape index (κ3) is 4.04. The van der Waals surface area contributed by atoms with Crippen molar-refractivity contribution in [1.29, 1.82) is 0 Å². The molecule has 1 rings (SSSR count). The molecule has 92 valence electrons. The molecule has 0 bridgehead atoms. The normalized spacial score (nSPS) is 11.9. The van der Waals surface area contributed by atoms with E-state index in [-0.39, 0.29) is 6.10 Å². The van der Waals surface area contributed by atoms with Gasteiger partial charge in [0.15, 0.2) is 0 Å². The van der Waals surface area contributed by atoms with E-state index in [1.165, 1.54) is 0 Å². The van der Waals surface area contributed by atoms with E-state index in [1.54, 1.807) is 12.1 Å². The maximum absolute atomic E-state index is 11.0. The van der Waals surface area contributed by atoms with Crippen LogP contribution in [-0.4, -0.2) is 12.6 Å². The lowest BCUT2D eigenvalue weighted by Gasteiger charge is -2.15. The average Bonchev–Trinajstić information content (AvgIpc) is 2.37. The van der Waals surface area contributed by atoms with Gasteiger partial charge in [0.25, 0.3) is 0 Å². The average molecular weight is 234 g/mol. The second-order valence-electron chi connectivity index (χ2n) is 3.55. The number of ether oxygens (including phenoxy) is 2. The number of esters is 1. The Balaban J connectivity index is 2.72. The summed E-state index contributed by atoms with van der Waals surface area (Å²) < 4.78 is 10.6. The molecule has 0 aliphatic carbocycles. The maximum atomic E-state index is 11.0. The molecule has 3 nitrogen and oxygen atoms in total. The van der Waals surface area contributed by atoms with Crippen LogP contribution in [0.4, 0.5) is 0 Å². The Morgan fingerprint density at radius 3 is 2.47 bits per heavy atom. The molecular formula is C14H18O3. The van der Waals surface area contributed by atoms with Crippen LogP contribution >= 0.6 is 0 Å². The van der Waals surface area contributed by atoms with E-state index in [0.717, 1.165) is 18.1 Å². The van der Waals surface area contributed by atoms with Crippen LogP contribution in [0.25, 0.3) is 0 Å². The van der Waals surface area contributed by atoms with Crippen LogP contribution in [0.1, 0.15) is 31.9 Å². The molecule has 0 saturated heterocycles. The molecule has 0 saturated carbocycles. The number of benzene rings is 1. The fourth-order valence-electron chi connectivity index (χ4n) is 1.56. The first kappa shape index (κ1) is 13.5. The van der Waals surface area contributed by atoms with Crippen molar-refractivity contribution < 1.29 is 14.3 Å². The first-order chi connectivity index (χ1) is 8.21. The SMILES string of the molecule is C=CC(=O)Oc1ccc(C(CC)OCC)cc1. The van der Waals surface area contributed by atoms with Crippen LogP contribution in [0.15, 0.2) is 36.9 Å². The highest BCUT2D eigenvalue weighted by Gasteiger charge is 2.09. The molecule has 0 heterocycles. The van der Waals surface area contributed by atoms with E-state index in [2.05, 4.69) is 13.5 Å². The van der Waals surface area contributed by atoms with Gasteiger partial charge in [-0.2, -0.15) is 0 Å². The first-order valence-corrected chi connectivity index (χ1v) is 5.77. The molecule has 1 aromatic carbocycles. The lowest BCUT2D eigenvalue weighted by Crippen LogP contribution is -2.05. The van der Waals surface area contributed by atoms with Gasteiger partial charge in [-0.05, 0) is 31.0 Å². The minimum Gasteiger partial charge on any atom is -0.423 e. The van der Waals surface area contributed by atoms with E-state index < -0.39 is 5.97 Å². The summed E-state index contributed by atoms with van der Waals surface area (Å²) in [5.74, 6) is 0.0691. The molecule has 0 fully saturated rings. The quantitative estimate of drug-likeness (QED) is 0.430. The number of rotatable bonds is 6. The lowest BCUT2D eigenvalue weighted by molar-refractivity contribution is -0.128. The number of hydrogen-bond donors (Lipinski definition) is 0. The van der Waals surface area contributed by atoms with Gasteiger partial charge in [0.2, 0.25) is 0 Å². The van der Waals surface area contributed by atoms with Crippen LogP contribution in [0.2, 0.25) is 0 Å². The van der Waals surface area contributed by atoms with E-state index in [4.69, 9.17) is 9.47 Å². The summed E-state index contributed by atoms with van der Waals surface area (Å²) in [6, 6.07) is 7.35. The smallest absolute Gasteiger partial charge is 0.335 e. The van der Waals surface area contributed by atoms with Gasteiger partial charge in [0.1, 0.15) is 5.75 Å². The molecule has 1 aromatic rings. The highest BCUT2D eigenvalue weighted by Crippen LogP contribution is 2.23. The zero-order chi connectivity index (χ0) is 12.7. The first-order valence-electron chi connectivity index (χ1n) is 5.77. The summed E-state index contributed by atoms with van der Waals surface area (Å²) in [5, 5.41) is 0. The summed E-state index contributed by atoms with van der Waals surface area (Å²) in [7, 11) is 0. The van der Waals surface area contributed by atoms with Gasteiger partial charge in [-0.25, -0.2) is 4.79 Å². The molecule has 0 aliphatic rings. The van der Waals surface area contributed by atoms with E-state index >= 15 is 0 Å². The molecule has 3 heteroatoms. The molecule has 0 spiro atoms. The largest absolute Gasteiger partial charge is 0.423 e. The lowest BCUT2D eigenvalue weighted by atomic mass is 10.1. The van der Waals surface area contributed by atoms with Crippen molar-refractivity contribution >= 4 is 5.97 Å². The summed E-state index contributed by atoms with van der Waals surface area (Å²) >= 11 is 0. The predicted octanol–water partition coefficient (Wildman–Crippen LogP) is 3.27. The zero-order valence-corrected chi connectivity index (χ0v) is 10.3. The van der Waals surface area contributed by atoms with Gasteiger partial charge >= 0.3 is 5.97 Å². The summed E-state index contributed by atoms with van der Waals surface area (Å²) in [6.07, 6.45) is 2.16. The van der Waals surface area contributed by atoms with Gasteiger partial charge in [0.05, 0.1) is 6.10 Å². The van der Waals surface area contributed by atoms with Gasteiger partial charge < -0.3 is 9.47 Å². The predicted molar refractivity (Wildman–Crippen MR) is 66.9 cm³/mol. The Hall–Kier alpha value is -1.61. The van der Waals surface area contributed by atoms with Crippen molar-refractivity contribution in [1.82, 2.24) is 0 Å². The molecular weight excluding hydrogens is 216 g/mol. The van der Waals surface area contributed by atoms with Crippen LogP contribution in [-0.2, 0) is 9.53 Å². The van der Waals surface area contributed by atoms with Crippen molar-refractivity contribution in [3.05, 3.63) is 42.5 Å².